The first kappa shape index (κ1) is 15.8. The van der Waals surface area contributed by atoms with Gasteiger partial charge in [-0.15, -0.1) is 0 Å². The van der Waals surface area contributed by atoms with E-state index < -0.39 is 0 Å². The molecule has 2 aliphatic rings. The van der Waals surface area contributed by atoms with Crippen LogP contribution in [0.5, 0.6) is 5.75 Å². The fourth-order valence-electron chi connectivity index (χ4n) is 3.77. The van der Waals surface area contributed by atoms with E-state index in [2.05, 4.69) is 0 Å². The average molecular weight is 316 g/mol. The summed E-state index contributed by atoms with van der Waals surface area (Å²) in [5.41, 5.74) is 1.62. The van der Waals surface area contributed by atoms with Gasteiger partial charge in [0, 0.05) is 38.7 Å². The molecule has 1 N–H and O–H groups in total. The molecule has 1 aromatic carbocycles. The topological polar surface area (TPSA) is 60.9 Å². The summed E-state index contributed by atoms with van der Waals surface area (Å²) in [6.45, 7) is 1.38. The van der Waals surface area contributed by atoms with Gasteiger partial charge in [0.25, 0.3) is 5.91 Å². The fraction of sp³-hybridized carbons (Fsp3) is 0.556. The molecule has 1 heterocycles. The number of aromatic hydroxyl groups is 1. The minimum atomic E-state index is 0.0161. The first-order valence-corrected chi connectivity index (χ1v) is 8.28. The third-order valence-corrected chi connectivity index (χ3v) is 5.09. The largest absolute Gasteiger partial charge is 0.508 e. The van der Waals surface area contributed by atoms with E-state index in [9.17, 15) is 14.7 Å². The Hall–Kier alpha value is -2.04. The van der Waals surface area contributed by atoms with Gasteiger partial charge in [-0.1, -0.05) is 6.07 Å². The van der Waals surface area contributed by atoms with E-state index in [0.29, 0.717) is 18.0 Å². The van der Waals surface area contributed by atoms with E-state index in [1.165, 1.54) is 0 Å². The average Bonchev–Trinajstić information content (AvgIpc) is 2.83. The molecule has 5 nitrogen and oxygen atoms in total. The highest BCUT2D eigenvalue weighted by Crippen LogP contribution is 2.33. The number of carbonyl (C=O) groups is 2. The summed E-state index contributed by atoms with van der Waals surface area (Å²) in [4.78, 5) is 28.0. The number of nitrogens with zero attached hydrogens (tertiary/aromatic N) is 2. The summed E-state index contributed by atoms with van der Waals surface area (Å²) < 4.78 is 0. The number of rotatable bonds is 3. The van der Waals surface area contributed by atoms with Crippen LogP contribution in [-0.4, -0.2) is 47.4 Å². The lowest BCUT2D eigenvalue weighted by Gasteiger charge is -2.31. The van der Waals surface area contributed by atoms with Crippen LogP contribution in [0.2, 0.25) is 0 Å². The van der Waals surface area contributed by atoms with Crippen molar-refractivity contribution in [1.82, 2.24) is 9.80 Å². The van der Waals surface area contributed by atoms with Crippen molar-refractivity contribution in [1.29, 1.82) is 0 Å². The molecule has 2 amide bonds. The van der Waals surface area contributed by atoms with Gasteiger partial charge in [-0.05, 0) is 49.3 Å². The van der Waals surface area contributed by atoms with Gasteiger partial charge in [0.15, 0.2) is 0 Å². The lowest BCUT2D eigenvalue weighted by atomic mass is 9.81. The number of phenolic OH excluding ortho intramolecular Hbond substituents is 1. The van der Waals surface area contributed by atoms with Crippen molar-refractivity contribution in [3.8, 4) is 5.75 Å². The van der Waals surface area contributed by atoms with E-state index in [1.54, 1.807) is 17.0 Å². The highest BCUT2D eigenvalue weighted by Gasteiger charge is 2.32. The highest BCUT2D eigenvalue weighted by molar-refractivity contribution is 5.98. The second kappa shape index (κ2) is 6.22. The number of fused-ring (bicyclic) bond motifs is 1. The second-order valence-electron chi connectivity index (χ2n) is 6.98. The van der Waals surface area contributed by atoms with Crippen molar-refractivity contribution in [3.63, 3.8) is 0 Å². The van der Waals surface area contributed by atoms with Crippen LogP contribution in [0.15, 0.2) is 18.2 Å². The fourth-order valence-corrected chi connectivity index (χ4v) is 3.77. The van der Waals surface area contributed by atoms with Crippen molar-refractivity contribution in [3.05, 3.63) is 29.3 Å². The van der Waals surface area contributed by atoms with Crippen LogP contribution in [0.3, 0.4) is 0 Å². The molecule has 5 heteroatoms. The first-order valence-electron chi connectivity index (χ1n) is 8.28. The van der Waals surface area contributed by atoms with Crippen molar-refractivity contribution < 1.29 is 14.7 Å². The van der Waals surface area contributed by atoms with Crippen LogP contribution in [0, 0.1) is 11.8 Å². The molecule has 0 bridgehead atoms. The summed E-state index contributed by atoms with van der Waals surface area (Å²) in [6.07, 6.45) is 3.82. The molecular weight excluding hydrogens is 292 g/mol. The van der Waals surface area contributed by atoms with E-state index in [-0.39, 0.29) is 23.5 Å². The Morgan fingerprint density at radius 1 is 1.26 bits per heavy atom. The maximum atomic E-state index is 12.4. The van der Waals surface area contributed by atoms with Gasteiger partial charge in [-0.2, -0.15) is 0 Å². The van der Waals surface area contributed by atoms with Crippen LogP contribution in [0.4, 0.5) is 0 Å². The van der Waals surface area contributed by atoms with Gasteiger partial charge < -0.3 is 14.9 Å². The molecule has 1 saturated carbocycles. The van der Waals surface area contributed by atoms with Crippen molar-refractivity contribution in [2.75, 3.05) is 20.6 Å². The molecule has 0 unspecified atom stereocenters. The van der Waals surface area contributed by atoms with Crippen LogP contribution in [0.1, 0.15) is 41.6 Å². The van der Waals surface area contributed by atoms with Gasteiger partial charge in [0.1, 0.15) is 5.75 Å². The van der Waals surface area contributed by atoms with Gasteiger partial charge in [-0.25, -0.2) is 0 Å². The number of benzene rings is 1. The zero-order valence-corrected chi connectivity index (χ0v) is 13.8. The molecule has 3 rings (SSSR count). The molecule has 1 aliphatic carbocycles. The van der Waals surface area contributed by atoms with Crippen molar-refractivity contribution in [2.24, 2.45) is 11.8 Å². The van der Waals surface area contributed by atoms with Gasteiger partial charge >= 0.3 is 0 Å². The maximum absolute atomic E-state index is 12.4. The molecule has 23 heavy (non-hydrogen) atoms. The number of hydrogen-bond acceptors (Lipinski definition) is 3. The van der Waals surface area contributed by atoms with Gasteiger partial charge in [0.05, 0.1) is 0 Å². The molecule has 1 aromatic rings. The minimum Gasteiger partial charge on any atom is -0.508 e. The van der Waals surface area contributed by atoms with E-state index in [1.807, 2.05) is 25.1 Å². The summed E-state index contributed by atoms with van der Waals surface area (Å²) in [5, 5.41) is 9.54. The second-order valence-corrected chi connectivity index (χ2v) is 6.98. The lowest BCUT2D eigenvalue weighted by Crippen LogP contribution is -2.35. The molecule has 0 spiro atoms. The number of carbonyl (C=O) groups excluding carboxylic acids is 2. The zero-order valence-electron chi connectivity index (χ0n) is 13.8. The number of hydrogen-bond donors (Lipinski definition) is 1. The summed E-state index contributed by atoms with van der Waals surface area (Å²) >= 11 is 0. The van der Waals surface area contributed by atoms with Gasteiger partial charge in [0.2, 0.25) is 5.91 Å². The SMILES string of the molecule is CN(C)C(=O)C1CCC(CN2Cc3ccc(O)cc3C2=O)CC1. The third-order valence-electron chi connectivity index (χ3n) is 5.09. The molecule has 1 fully saturated rings. The standard InChI is InChI=1S/C18H24N2O3/c1-19(2)17(22)13-5-3-12(4-6-13)10-20-11-14-7-8-15(21)9-16(14)18(20)23/h7-9,12-13,21H,3-6,10-11H2,1-2H3. The molecule has 0 atom stereocenters. The monoisotopic (exact) mass is 316 g/mol. The predicted octanol–water partition coefficient (Wildman–Crippen LogP) is 2.24. The Labute approximate surface area is 136 Å². The molecule has 0 saturated heterocycles. The smallest absolute Gasteiger partial charge is 0.254 e. The van der Waals surface area contributed by atoms with E-state index in [0.717, 1.165) is 37.8 Å². The number of amides is 2. The Bertz CT molecular complexity index is 619. The first-order chi connectivity index (χ1) is 11.0. The number of phenols is 1. The van der Waals surface area contributed by atoms with Crippen LogP contribution < -0.4 is 0 Å². The predicted molar refractivity (Wildman–Crippen MR) is 87.0 cm³/mol. The molecular formula is C18H24N2O3. The molecule has 0 aromatic heterocycles. The normalized spacial score (nSPS) is 23.7. The minimum absolute atomic E-state index is 0.0161. The summed E-state index contributed by atoms with van der Waals surface area (Å²) in [6, 6.07) is 5.02. The molecule has 124 valence electrons. The summed E-state index contributed by atoms with van der Waals surface area (Å²) in [5.74, 6) is 0.991. The summed E-state index contributed by atoms with van der Waals surface area (Å²) in [7, 11) is 3.62. The third kappa shape index (κ3) is 3.19. The zero-order chi connectivity index (χ0) is 16.6. The van der Waals surface area contributed by atoms with E-state index in [4.69, 9.17) is 0 Å². The van der Waals surface area contributed by atoms with Crippen LogP contribution >= 0.6 is 0 Å². The highest BCUT2D eigenvalue weighted by atomic mass is 16.3. The van der Waals surface area contributed by atoms with Crippen molar-refractivity contribution in [2.45, 2.75) is 32.2 Å². The Morgan fingerprint density at radius 3 is 2.61 bits per heavy atom. The quantitative estimate of drug-likeness (QED) is 0.930. The van der Waals surface area contributed by atoms with Crippen molar-refractivity contribution >= 4 is 11.8 Å². The Kier molecular flexibility index (Phi) is 4.28. The van der Waals surface area contributed by atoms with Crippen LogP contribution in [-0.2, 0) is 11.3 Å². The molecule has 0 radical (unpaired) electrons. The Morgan fingerprint density at radius 2 is 1.96 bits per heavy atom. The van der Waals surface area contributed by atoms with E-state index >= 15 is 0 Å². The lowest BCUT2D eigenvalue weighted by molar-refractivity contribution is -0.134. The Balaban J connectivity index is 1.56. The van der Waals surface area contributed by atoms with Crippen LogP contribution in [0.25, 0.3) is 0 Å². The molecule has 1 aliphatic heterocycles. The van der Waals surface area contributed by atoms with Gasteiger partial charge in [-0.3, -0.25) is 9.59 Å². The maximum Gasteiger partial charge on any atom is 0.254 e.